The number of halogens is 1. The van der Waals surface area contributed by atoms with Crippen molar-refractivity contribution in [2.75, 3.05) is 30.8 Å². The summed E-state index contributed by atoms with van der Waals surface area (Å²) in [6, 6.07) is 8.91. The lowest BCUT2D eigenvalue weighted by Crippen LogP contribution is -2.43. The van der Waals surface area contributed by atoms with Crippen LogP contribution in [0, 0.1) is 0 Å². The van der Waals surface area contributed by atoms with Crippen molar-refractivity contribution >= 4 is 29.1 Å². The standard InChI is InChI=1S/C17H19ClN4O3/c1-10-8-22(13-7-15(18)20-21-16(13)19)9-14(25-10)11-3-5-12(6-4-11)17(23)24-2/h3-7,10,14H,8-9H2,1-2H3,(H2,19,21)/t10-,14+/m1/s1. The highest BCUT2D eigenvalue weighted by molar-refractivity contribution is 6.29. The SMILES string of the molecule is COC(=O)c1ccc([C@@H]2CN(c3cc(Cl)nnc3N)C[C@@H](C)O2)cc1. The van der Waals surface area contributed by atoms with E-state index in [1.165, 1.54) is 7.11 Å². The van der Waals surface area contributed by atoms with Gasteiger partial charge in [0.25, 0.3) is 0 Å². The molecule has 2 heterocycles. The number of carbonyl (C=O) groups excluding carboxylic acids is 1. The summed E-state index contributed by atoms with van der Waals surface area (Å²) in [7, 11) is 1.36. The summed E-state index contributed by atoms with van der Waals surface area (Å²) in [4.78, 5) is 13.6. The normalized spacial score (nSPS) is 20.4. The number of carbonyl (C=O) groups is 1. The van der Waals surface area contributed by atoms with Crippen LogP contribution in [0.15, 0.2) is 30.3 Å². The van der Waals surface area contributed by atoms with Crippen LogP contribution in [0.1, 0.15) is 28.9 Å². The third-order valence-electron chi connectivity index (χ3n) is 4.08. The minimum absolute atomic E-state index is 0.00891. The lowest BCUT2D eigenvalue weighted by atomic mass is 10.0. The van der Waals surface area contributed by atoms with Gasteiger partial charge in [0.05, 0.1) is 24.5 Å². The summed E-state index contributed by atoms with van der Waals surface area (Å²) < 4.78 is 10.8. The summed E-state index contributed by atoms with van der Waals surface area (Å²) in [6.45, 7) is 3.26. The third-order valence-corrected chi connectivity index (χ3v) is 4.26. The second-order valence-corrected chi connectivity index (χ2v) is 6.28. The molecule has 0 spiro atoms. The van der Waals surface area contributed by atoms with Crippen molar-refractivity contribution in [2.24, 2.45) is 0 Å². The molecule has 1 aliphatic heterocycles. The first kappa shape index (κ1) is 17.4. The first-order valence-electron chi connectivity index (χ1n) is 7.85. The number of ether oxygens (including phenoxy) is 2. The van der Waals surface area contributed by atoms with Crippen molar-refractivity contribution in [3.05, 3.63) is 46.6 Å². The Bertz CT molecular complexity index is 769. The van der Waals surface area contributed by atoms with Crippen LogP contribution in [0.3, 0.4) is 0 Å². The Morgan fingerprint density at radius 3 is 2.72 bits per heavy atom. The van der Waals surface area contributed by atoms with E-state index < -0.39 is 0 Å². The van der Waals surface area contributed by atoms with E-state index in [0.29, 0.717) is 29.6 Å². The molecule has 1 fully saturated rings. The highest BCUT2D eigenvalue weighted by atomic mass is 35.5. The van der Waals surface area contributed by atoms with Gasteiger partial charge in [0.1, 0.15) is 6.10 Å². The van der Waals surface area contributed by atoms with Crippen LogP contribution in [0.2, 0.25) is 5.15 Å². The van der Waals surface area contributed by atoms with Crippen molar-refractivity contribution in [1.82, 2.24) is 10.2 Å². The zero-order valence-corrected chi connectivity index (χ0v) is 14.7. The molecule has 0 aliphatic carbocycles. The molecule has 2 N–H and O–H groups in total. The molecular weight excluding hydrogens is 344 g/mol. The summed E-state index contributed by atoms with van der Waals surface area (Å²) in [6.07, 6.45) is -0.174. The molecule has 2 aromatic rings. The van der Waals surface area contributed by atoms with Crippen LogP contribution in [-0.2, 0) is 9.47 Å². The molecule has 1 saturated heterocycles. The first-order valence-corrected chi connectivity index (χ1v) is 8.23. The number of methoxy groups -OCH3 is 1. The van der Waals surface area contributed by atoms with Gasteiger partial charge in [0.15, 0.2) is 11.0 Å². The van der Waals surface area contributed by atoms with E-state index in [1.807, 2.05) is 19.1 Å². The number of nitrogens with zero attached hydrogens (tertiary/aromatic N) is 3. The molecule has 0 saturated carbocycles. The van der Waals surface area contributed by atoms with E-state index in [1.54, 1.807) is 18.2 Å². The molecule has 8 heteroatoms. The predicted molar refractivity (Wildman–Crippen MR) is 94.7 cm³/mol. The Balaban J connectivity index is 1.83. The number of nitrogen functional groups attached to an aromatic ring is 1. The molecule has 1 aliphatic rings. The molecule has 1 aromatic heterocycles. The quantitative estimate of drug-likeness (QED) is 0.838. The smallest absolute Gasteiger partial charge is 0.337 e. The fourth-order valence-electron chi connectivity index (χ4n) is 2.91. The van der Waals surface area contributed by atoms with Crippen molar-refractivity contribution in [3.8, 4) is 0 Å². The van der Waals surface area contributed by atoms with E-state index >= 15 is 0 Å². The van der Waals surface area contributed by atoms with Gasteiger partial charge in [-0.3, -0.25) is 0 Å². The van der Waals surface area contributed by atoms with E-state index in [2.05, 4.69) is 15.1 Å². The second kappa shape index (κ2) is 7.25. The van der Waals surface area contributed by atoms with Gasteiger partial charge in [0.2, 0.25) is 0 Å². The minimum atomic E-state index is -0.364. The van der Waals surface area contributed by atoms with E-state index in [0.717, 1.165) is 11.3 Å². The van der Waals surface area contributed by atoms with Gasteiger partial charge in [-0.15, -0.1) is 10.2 Å². The summed E-state index contributed by atoms with van der Waals surface area (Å²) in [5.74, 6) is -0.0327. The Morgan fingerprint density at radius 1 is 1.32 bits per heavy atom. The molecule has 7 nitrogen and oxygen atoms in total. The Labute approximate surface area is 150 Å². The maximum atomic E-state index is 11.6. The zero-order chi connectivity index (χ0) is 18.0. The van der Waals surface area contributed by atoms with Crippen LogP contribution in [-0.4, -0.2) is 42.5 Å². The first-order chi connectivity index (χ1) is 12.0. The highest BCUT2D eigenvalue weighted by Gasteiger charge is 2.28. The van der Waals surface area contributed by atoms with Crippen LogP contribution >= 0.6 is 11.6 Å². The van der Waals surface area contributed by atoms with Crippen LogP contribution in [0.5, 0.6) is 0 Å². The molecule has 25 heavy (non-hydrogen) atoms. The highest BCUT2D eigenvalue weighted by Crippen LogP contribution is 2.31. The zero-order valence-electron chi connectivity index (χ0n) is 14.0. The summed E-state index contributed by atoms with van der Waals surface area (Å²) in [5, 5.41) is 7.93. The number of anilines is 2. The maximum Gasteiger partial charge on any atom is 0.337 e. The van der Waals surface area contributed by atoms with Gasteiger partial charge < -0.3 is 20.1 Å². The van der Waals surface area contributed by atoms with E-state index in [-0.39, 0.29) is 18.2 Å². The lowest BCUT2D eigenvalue weighted by Gasteiger charge is -2.38. The van der Waals surface area contributed by atoms with Gasteiger partial charge in [-0.05, 0) is 24.6 Å². The van der Waals surface area contributed by atoms with Gasteiger partial charge in [0, 0.05) is 19.2 Å². The molecule has 132 valence electrons. The van der Waals surface area contributed by atoms with E-state index in [4.69, 9.17) is 26.8 Å². The van der Waals surface area contributed by atoms with Gasteiger partial charge in [-0.1, -0.05) is 23.7 Å². The number of esters is 1. The fourth-order valence-corrected chi connectivity index (χ4v) is 3.05. The topological polar surface area (TPSA) is 90.6 Å². The monoisotopic (exact) mass is 362 g/mol. The van der Waals surface area contributed by atoms with Crippen molar-refractivity contribution in [1.29, 1.82) is 0 Å². The van der Waals surface area contributed by atoms with Gasteiger partial charge >= 0.3 is 5.97 Å². The van der Waals surface area contributed by atoms with Crippen molar-refractivity contribution < 1.29 is 14.3 Å². The lowest BCUT2D eigenvalue weighted by molar-refractivity contribution is -0.0173. The number of aromatic nitrogens is 2. The second-order valence-electron chi connectivity index (χ2n) is 5.89. The molecule has 0 unspecified atom stereocenters. The van der Waals surface area contributed by atoms with Crippen LogP contribution < -0.4 is 10.6 Å². The number of hydrogen-bond acceptors (Lipinski definition) is 7. The van der Waals surface area contributed by atoms with Gasteiger partial charge in [-0.25, -0.2) is 4.79 Å². The summed E-state index contributed by atoms with van der Waals surface area (Å²) in [5.41, 5.74) is 8.16. The number of hydrogen-bond donors (Lipinski definition) is 1. The number of morpholine rings is 1. The molecule has 1 aromatic carbocycles. The number of benzene rings is 1. The fraction of sp³-hybridized carbons (Fsp3) is 0.353. The molecule has 0 bridgehead atoms. The predicted octanol–water partition coefficient (Wildman–Crippen LogP) is 2.47. The Kier molecular flexibility index (Phi) is 5.06. The van der Waals surface area contributed by atoms with Crippen molar-refractivity contribution in [2.45, 2.75) is 19.1 Å². The van der Waals surface area contributed by atoms with Gasteiger partial charge in [-0.2, -0.15) is 0 Å². The average molecular weight is 363 g/mol. The summed E-state index contributed by atoms with van der Waals surface area (Å²) >= 11 is 5.96. The Morgan fingerprint density at radius 2 is 2.04 bits per heavy atom. The minimum Gasteiger partial charge on any atom is -0.465 e. The largest absolute Gasteiger partial charge is 0.465 e. The maximum absolute atomic E-state index is 11.6. The number of nitrogens with two attached hydrogens (primary N) is 1. The molecule has 0 amide bonds. The van der Waals surface area contributed by atoms with Crippen molar-refractivity contribution in [3.63, 3.8) is 0 Å². The molecule has 0 radical (unpaired) electrons. The number of rotatable bonds is 3. The molecule has 3 rings (SSSR count). The van der Waals surface area contributed by atoms with E-state index in [9.17, 15) is 4.79 Å². The average Bonchev–Trinajstić information content (AvgIpc) is 2.62. The molecule has 2 atom stereocenters. The Hall–Kier alpha value is -2.38. The molecular formula is C17H19ClN4O3. The third kappa shape index (κ3) is 3.83. The van der Waals surface area contributed by atoms with Crippen LogP contribution in [0.4, 0.5) is 11.5 Å². The van der Waals surface area contributed by atoms with Crippen LogP contribution in [0.25, 0.3) is 0 Å².